The van der Waals surface area contributed by atoms with E-state index in [0.29, 0.717) is 5.92 Å². The molecule has 1 unspecified atom stereocenters. The van der Waals surface area contributed by atoms with Gasteiger partial charge in [-0.2, -0.15) is 0 Å². The van der Waals surface area contributed by atoms with Crippen molar-refractivity contribution in [3.8, 4) is 5.75 Å². The molecular formula is C17H23NO3. The Labute approximate surface area is 125 Å². The van der Waals surface area contributed by atoms with Crippen molar-refractivity contribution in [3.63, 3.8) is 0 Å². The van der Waals surface area contributed by atoms with Crippen molar-refractivity contribution in [1.29, 1.82) is 0 Å². The number of esters is 1. The van der Waals surface area contributed by atoms with Crippen LogP contribution in [0.1, 0.15) is 43.9 Å². The molecule has 1 N–H and O–H groups in total. The van der Waals surface area contributed by atoms with Crippen LogP contribution in [0.15, 0.2) is 18.2 Å². The molecule has 0 amide bonds. The monoisotopic (exact) mass is 289 g/mol. The average Bonchev–Trinajstić information content (AvgIpc) is 3.19. The quantitative estimate of drug-likeness (QED) is 0.847. The molecule has 4 heteroatoms. The zero-order valence-corrected chi connectivity index (χ0v) is 12.9. The van der Waals surface area contributed by atoms with Crippen LogP contribution in [0.3, 0.4) is 0 Å². The van der Waals surface area contributed by atoms with E-state index in [-0.39, 0.29) is 11.6 Å². The highest BCUT2D eigenvalue weighted by Gasteiger charge is 2.35. The predicted octanol–water partition coefficient (Wildman–Crippen LogP) is 2.61. The van der Waals surface area contributed by atoms with E-state index in [0.717, 1.165) is 24.3 Å². The normalized spacial score (nSPS) is 20.5. The maximum Gasteiger partial charge on any atom is 0.327 e. The molecule has 0 spiro atoms. The lowest BCUT2D eigenvalue weighted by Gasteiger charge is -2.22. The molecule has 1 saturated carbocycles. The van der Waals surface area contributed by atoms with Crippen LogP contribution < -0.4 is 10.1 Å². The summed E-state index contributed by atoms with van der Waals surface area (Å²) in [6, 6.07) is 5.58. The van der Waals surface area contributed by atoms with E-state index in [9.17, 15) is 4.79 Å². The summed E-state index contributed by atoms with van der Waals surface area (Å²) in [6.45, 7) is 5.00. The lowest BCUT2D eigenvalue weighted by atomic mass is 9.98. The van der Waals surface area contributed by atoms with Gasteiger partial charge in [0.15, 0.2) is 0 Å². The molecule has 4 nitrogen and oxygen atoms in total. The maximum absolute atomic E-state index is 12.2. The number of para-hydroxylation sites is 1. The largest absolute Gasteiger partial charge is 0.487 e. The van der Waals surface area contributed by atoms with E-state index < -0.39 is 6.04 Å². The number of carbonyl (C=O) groups is 1. The fourth-order valence-electron chi connectivity index (χ4n) is 2.91. The van der Waals surface area contributed by atoms with Crippen molar-refractivity contribution in [2.45, 2.75) is 44.8 Å². The summed E-state index contributed by atoms with van der Waals surface area (Å²) in [7, 11) is 1.43. The highest BCUT2D eigenvalue weighted by Crippen LogP contribution is 2.40. The standard InChI is InChI=1S/C17H23NO3/c1-17(2)9-12-5-4-6-13(15(12)21-17)14(16(19)20-3)18-10-11-7-8-11/h4-6,11,14,18H,7-10H2,1-3H3. The van der Waals surface area contributed by atoms with Crippen LogP contribution in [0, 0.1) is 5.92 Å². The Balaban J connectivity index is 1.88. The molecule has 1 fully saturated rings. The molecule has 1 aromatic carbocycles. The predicted molar refractivity (Wildman–Crippen MR) is 80.3 cm³/mol. The Morgan fingerprint density at radius 2 is 2.24 bits per heavy atom. The lowest BCUT2D eigenvalue weighted by molar-refractivity contribution is -0.143. The highest BCUT2D eigenvalue weighted by molar-refractivity contribution is 5.79. The van der Waals surface area contributed by atoms with E-state index in [2.05, 4.69) is 25.2 Å². The minimum atomic E-state index is -0.445. The van der Waals surface area contributed by atoms with Crippen LogP contribution in [0.2, 0.25) is 0 Å². The van der Waals surface area contributed by atoms with E-state index in [1.165, 1.54) is 25.5 Å². The number of fused-ring (bicyclic) bond motifs is 1. The average molecular weight is 289 g/mol. The lowest BCUT2D eigenvalue weighted by Crippen LogP contribution is -2.32. The summed E-state index contributed by atoms with van der Waals surface area (Å²) in [4.78, 5) is 12.2. The molecule has 1 aromatic rings. The first-order chi connectivity index (χ1) is 10.00. The third kappa shape index (κ3) is 3.05. The third-order valence-electron chi connectivity index (χ3n) is 4.18. The van der Waals surface area contributed by atoms with Gasteiger partial charge in [0.1, 0.15) is 17.4 Å². The van der Waals surface area contributed by atoms with Gasteiger partial charge in [-0.3, -0.25) is 0 Å². The van der Waals surface area contributed by atoms with Gasteiger partial charge in [-0.15, -0.1) is 0 Å². The van der Waals surface area contributed by atoms with Gasteiger partial charge in [0.25, 0.3) is 0 Å². The second kappa shape index (κ2) is 5.34. The summed E-state index contributed by atoms with van der Waals surface area (Å²) < 4.78 is 11.0. The summed E-state index contributed by atoms with van der Waals surface area (Å²) in [5, 5.41) is 3.35. The molecule has 0 radical (unpaired) electrons. The summed E-state index contributed by atoms with van der Waals surface area (Å²) in [5.41, 5.74) is 1.85. The Hall–Kier alpha value is -1.55. The number of ether oxygens (including phenoxy) is 2. The van der Waals surface area contributed by atoms with Gasteiger partial charge >= 0.3 is 5.97 Å². The van der Waals surface area contributed by atoms with Crippen LogP contribution in [0.5, 0.6) is 5.75 Å². The SMILES string of the molecule is COC(=O)C(NCC1CC1)c1cccc2c1OC(C)(C)C2. The fraction of sp³-hybridized carbons (Fsp3) is 0.588. The number of rotatable bonds is 5. The van der Waals surface area contributed by atoms with E-state index in [1.807, 2.05) is 12.1 Å². The second-order valence-electron chi connectivity index (χ2n) is 6.68. The summed E-state index contributed by atoms with van der Waals surface area (Å²) in [6.07, 6.45) is 3.36. The van der Waals surface area contributed by atoms with Gasteiger partial charge in [0.2, 0.25) is 0 Å². The molecular weight excluding hydrogens is 266 g/mol. The second-order valence-corrected chi connectivity index (χ2v) is 6.68. The van der Waals surface area contributed by atoms with Crippen molar-refractivity contribution in [2.75, 3.05) is 13.7 Å². The Bertz CT molecular complexity index is 549. The van der Waals surface area contributed by atoms with Crippen molar-refractivity contribution >= 4 is 5.97 Å². The zero-order chi connectivity index (χ0) is 15.0. The van der Waals surface area contributed by atoms with Crippen LogP contribution in [-0.2, 0) is 16.0 Å². The number of nitrogens with one attached hydrogen (secondary N) is 1. The summed E-state index contributed by atoms with van der Waals surface area (Å²) >= 11 is 0. The highest BCUT2D eigenvalue weighted by atomic mass is 16.5. The van der Waals surface area contributed by atoms with Gasteiger partial charge < -0.3 is 14.8 Å². The first-order valence-electron chi connectivity index (χ1n) is 7.62. The van der Waals surface area contributed by atoms with Crippen LogP contribution in [0.25, 0.3) is 0 Å². The maximum atomic E-state index is 12.2. The molecule has 1 atom stereocenters. The molecule has 0 saturated heterocycles. The van der Waals surface area contributed by atoms with Gasteiger partial charge in [0, 0.05) is 12.0 Å². The first-order valence-corrected chi connectivity index (χ1v) is 7.62. The van der Waals surface area contributed by atoms with E-state index in [1.54, 1.807) is 0 Å². The first kappa shape index (κ1) is 14.4. The number of hydrogen-bond acceptors (Lipinski definition) is 4. The number of hydrogen-bond donors (Lipinski definition) is 1. The Kier molecular flexibility index (Phi) is 3.66. The van der Waals surface area contributed by atoms with Crippen molar-refractivity contribution in [1.82, 2.24) is 5.32 Å². The van der Waals surface area contributed by atoms with Crippen molar-refractivity contribution in [2.24, 2.45) is 5.92 Å². The molecule has 1 aliphatic heterocycles. The number of benzene rings is 1. The third-order valence-corrected chi connectivity index (χ3v) is 4.18. The van der Waals surface area contributed by atoms with E-state index in [4.69, 9.17) is 9.47 Å². The van der Waals surface area contributed by atoms with Crippen LogP contribution >= 0.6 is 0 Å². The molecule has 3 rings (SSSR count). The van der Waals surface area contributed by atoms with Crippen LogP contribution in [0.4, 0.5) is 0 Å². The van der Waals surface area contributed by atoms with Gasteiger partial charge in [-0.25, -0.2) is 4.79 Å². The topological polar surface area (TPSA) is 47.6 Å². The van der Waals surface area contributed by atoms with Crippen molar-refractivity contribution in [3.05, 3.63) is 29.3 Å². The van der Waals surface area contributed by atoms with E-state index >= 15 is 0 Å². The van der Waals surface area contributed by atoms with Gasteiger partial charge in [-0.1, -0.05) is 18.2 Å². The fourth-order valence-corrected chi connectivity index (χ4v) is 2.91. The Morgan fingerprint density at radius 1 is 1.48 bits per heavy atom. The van der Waals surface area contributed by atoms with Crippen LogP contribution in [-0.4, -0.2) is 25.2 Å². The molecule has 1 heterocycles. The summed E-state index contributed by atoms with van der Waals surface area (Å²) in [5.74, 6) is 1.30. The molecule has 0 aromatic heterocycles. The molecule has 2 aliphatic rings. The molecule has 0 bridgehead atoms. The Morgan fingerprint density at radius 3 is 2.90 bits per heavy atom. The number of carbonyl (C=O) groups excluding carboxylic acids is 1. The smallest absolute Gasteiger partial charge is 0.327 e. The minimum Gasteiger partial charge on any atom is -0.487 e. The van der Waals surface area contributed by atoms with Gasteiger partial charge in [-0.05, 0) is 44.7 Å². The van der Waals surface area contributed by atoms with Crippen molar-refractivity contribution < 1.29 is 14.3 Å². The molecule has 21 heavy (non-hydrogen) atoms. The number of methoxy groups -OCH3 is 1. The van der Waals surface area contributed by atoms with Gasteiger partial charge in [0.05, 0.1) is 7.11 Å². The molecule has 1 aliphatic carbocycles. The molecule has 114 valence electrons. The zero-order valence-electron chi connectivity index (χ0n) is 12.9. The minimum absolute atomic E-state index is 0.213.